The third-order valence-electron chi connectivity index (χ3n) is 3.22. The summed E-state index contributed by atoms with van der Waals surface area (Å²) in [6, 6.07) is 17.0. The van der Waals surface area contributed by atoms with E-state index in [1.54, 1.807) is 0 Å². The lowest BCUT2D eigenvalue weighted by Crippen LogP contribution is -2.23. The Morgan fingerprint density at radius 1 is 1.05 bits per heavy atom. The molecule has 1 unspecified atom stereocenters. The van der Waals surface area contributed by atoms with Gasteiger partial charge in [0.05, 0.1) is 12.6 Å². The number of rotatable bonds is 5. The molecule has 0 heterocycles. The molecule has 1 N–H and O–H groups in total. The first-order chi connectivity index (χ1) is 9.22. The van der Waals surface area contributed by atoms with Crippen LogP contribution in [0.15, 0.2) is 48.5 Å². The van der Waals surface area contributed by atoms with Gasteiger partial charge in [0.1, 0.15) is 0 Å². The van der Waals surface area contributed by atoms with E-state index in [0.29, 0.717) is 6.61 Å². The van der Waals surface area contributed by atoms with Crippen molar-refractivity contribution < 1.29 is 4.84 Å². The third kappa shape index (κ3) is 3.43. The van der Waals surface area contributed by atoms with Crippen LogP contribution < -0.4 is 5.48 Å². The van der Waals surface area contributed by atoms with Gasteiger partial charge in [-0.1, -0.05) is 54.1 Å². The highest BCUT2D eigenvalue weighted by atomic mass is 16.6. The standard InChI is InChI=1S/C17H21NO/c1-4-19-18-17(15-8-6-5-7-9-15)16-12-13(2)10-11-14(16)3/h5-12,17-18H,4H2,1-3H3. The maximum Gasteiger partial charge on any atom is 0.0824 e. The summed E-state index contributed by atoms with van der Waals surface area (Å²) >= 11 is 0. The fraction of sp³-hybridized carbons (Fsp3) is 0.294. The summed E-state index contributed by atoms with van der Waals surface area (Å²) in [7, 11) is 0. The highest BCUT2D eigenvalue weighted by molar-refractivity contribution is 5.38. The van der Waals surface area contributed by atoms with Crippen molar-refractivity contribution in [1.29, 1.82) is 0 Å². The van der Waals surface area contributed by atoms with Crippen molar-refractivity contribution in [2.75, 3.05) is 6.61 Å². The zero-order valence-electron chi connectivity index (χ0n) is 11.8. The minimum absolute atomic E-state index is 0.0704. The average Bonchev–Trinajstić information content (AvgIpc) is 2.44. The van der Waals surface area contributed by atoms with Crippen molar-refractivity contribution in [3.8, 4) is 0 Å². The number of benzene rings is 2. The van der Waals surface area contributed by atoms with Gasteiger partial charge in [-0.3, -0.25) is 0 Å². The SMILES string of the molecule is CCONC(c1ccccc1)c1cc(C)ccc1C. The van der Waals surface area contributed by atoms with Crippen molar-refractivity contribution in [2.45, 2.75) is 26.8 Å². The Kier molecular flexibility index (Phi) is 4.72. The van der Waals surface area contributed by atoms with Crippen molar-refractivity contribution in [1.82, 2.24) is 5.48 Å². The van der Waals surface area contributed by atoms with Gasteiger partial charge >= 0.3 is 0 Å². The average molecular weight is 255 g/mol. The Hall–Kier alpha value is -1.64. The zero-order chi connectivity index (χ0) is 13.7. The molecule has 0 amide bonds. The molecule has 0 saturated carbocycles. The molecular formula is C17H21NO. The molecule has 19 heavy (non-hydrogen) atoms. The van der Waals surface area contributed by atoms with Crippen LogP contribution in [0.3, 0.4) is 0 Å². The minimum Gasteiger partial charge on any atom is -0.301 e. The van der Waals surface area contributed by atoms with E-state index in [1.165, 1.54) is 22.3 Å². The maximum atomic E-state index is 5.45. The van der Waals surface area contributed by atoms with E-state index in [-0.39, 0.29) is 6.04 Å². The van der Waals surface area contributed by atoms with Gasteiger partial charge in [-0.25, -0.2) is 0 Å². The van der Waals surface area contributed by atoms with E-state index < -0.39 is 0 Å². The fourth-order valence-corrected chi connectivity index (χ4v) is 2.19. The topological polar surface area (TPSA) is 21.3 Å². The van der Waals surface area contributed by atoms with E-state index in [0.717, 1.165) is 0 Å². The first-order valence-corrected chi connectivity index (χ1v) is 6.71. The lowest BCUT2D eigenvalue weighted by Gasteiger charge is -2.21. The Balaban J connectivity index is 2.40. The van der Waals surface area contributed by atoms with Gasteiger partial charge in [0.15, 0.2) is 0 Å². The molecule has 0 saturated heterocycles. The minimum atomic E-state index is 0.0704. The summed E-state index contributed by atoms with van der Waals surface area (Å²) in [6.45, 7) is 6.89. The van der Waals surface area contributed by atoms with E-state index in [4.69, 9.17) is 4.84 Å². The van der Waals surface area contributed by atoms with Gasteiger partial charge in [-0.05, 0) is 37.5 Å². The molecule has 0 radical (unpaired) electrons. The zero-order valence-corrected chi connectivity index (χ0v) is 11.8. The van der Waals surface area contributed by atoms with Crippen LogP contribution in [0.4, 0.5) is 0 Å². The highest BCUT2D eigenvalue weighted by Crippen LogP contribution is 2.25. The molecular weight excluding hydrogens is 234 g/mol. The third-order valence-corrected chi connectivity index (χ3v) is 3.22. The van der Waals surface area contributed by atoms with Crippen molar-refractivity contribution >= 4 is 0 Å². The Morgan fingerprint density at radius 2 is 1.79 bits per heavy atom. The molecule has 0 fully saturated rings. The van der Waals surface area contributed by atoms with Crippen molar-refractivity contribution in [2.24, 2.45) is 0 Å². The van der Waals surface area contributed by atoms with E-state index >= 15 is 0 Å². The second-order valence-electron chi connectivity index (χ2n) is 4.75. The molecule has 0 aromatic heterocycles. The first kappa shape index (κ1) is 13.8. The number of hydroxylamine groups is 1. The largest absolute Gasteiger partial charge is 0.301 e. The molecule has 2 heteroatoms. The predicted octanol–water partition coefficient (Wildman–Crippen LogP) is 3.93. The van der Waals surface area contributed by atoms with Crippen molar-refractivity contribution in [3.63, 3.8) is 0 Å². The molecule has 1 atom stereocenters. The molecule has 0 aliphatic carbocycles. The Bertz CT molecular complexity index is 522. The molecule has 2 aromatic rings. The van der Waals surface area contributed by atoms with E-state index in [2.05, 4.69) is 61.8 Å². The molecule has 2 rings (SSSR count). The summed E-state index contributed by atoms with van der Waals surface area (Å²) in [5.74, 6) is 0. The predicted molar refractivity (Wildman–Crippen MR) is 79.0 cm³/mol. The fourth-order valence-electron chi connectivity index (χ4n) is 2.19. The van der Waals surface area contributed by atoms with Crippen LogP contribution >= 0.6 is 0 Å². The Morgan fingerprint density at radius 3 is 2.47 bits per heavy atom. The normalized spacial score (nSPS) is 12.4. The van der Waals surface area contributed by atoms with Crippen LogP contribution in [0.2, 0.25) is 0 Å². The second-order valence-corrected chi connectivity index (χ2v) is 4.75. The van der Waals surface area contributed by atoms with E-state index in [9.17, 15) is 0 Å². The van der Waals surface area contributed by atoms with Crippen LogP contribution in [0, 0.1) is 13.8 Å². The van der Waals surface area contributed by atoms with Crippen LogP contribution in [0.5, 0.6) is 0 Å². The quantitative estimate of drug-likeness (QED) is 0.817. The van der Waals surface area contributed by atoms with Gasteiger partial charge in [0.2, 0.25) is 0 Å². The van der Waals surface area contributed by atoms with Gasteiger partial charge < -0.3 is 4.84 Å². The highest BCUT2D eigenvalue weighted by Gasteiger charge is 2.16. The molecule has 0 aliphatic heterocycles. The number of hydrogen-bond acceptors (Lipinski definition) is 2. The van der Waals surface area contributed by atoms with Gasteiger partial charge in [0.25, 0.3) is 0 Å². The lowest BCUT2D eigenvalue weighted by molar-refractivity contribution is 0.0333. The summed E-state index contributed by atoms with van der Waals surface area (Å²) in [5.41, 5.74) is 8.18. The van der Waals surface area contributed by atoms with Crippen LogP contribution in [-0.4, -0.2) is 6.61 Å². The Labute approximate surface area is 115 Å². The van der Waals surface area contributed by atoms with Gasteiger partial charge in [-0.15, -0.1) is 0 Å². The summed E-state index contributed by atoms with van der Waals surface area (Å²) in [4.78, 5) is 5.45. The number of nitrogens with one attached hydrogen (secondary N) is 1. The molecule has 2 nitrogen and oxygen atoms in total. The van der Waals surface area contributed by atoms with Crippen LogP contribution in [0.1, 0.15) is 35.2 Å². The van der Waals surface area contributed by atoms with Crippen molar-refractivity contribution in [3.05, 3.63) is 70.8 Å². The van der Waals surface area contributed by atoms with Gasteiger partial charge in [0, 0.05) is 0 Å². The summed E-state index contributed by atoms with van der Waals surface area (Å²) in [6.07, 6.45) is 0. The summed E-state index contributed by atoms with van der Waals surface area (Å²) < 4.78 is 0. The molecule has 2 aromatic carbocycles. The maximum absolute atomic E-state index is 5.45. The van der Waals surface area contributed by atoms with Gasteiger partial charge in [-0.2, -0.15) is 5.48 Å². The smallest absolute Gasteiger partial charge is 0.0824 e. The molecule has 0 bridgehead atoms. The summed E-state index contributed by atoms with van der Waals surface area (Å²) in [5, 5.41) is 0. The number of hydrogen-bond donors (Lipinski definition) is 1. The monoisotopic (exact) mass is 255 g/mol. The number of aryl methyl sites for hydroxylation is 2. The van der Waals surface area contributed by atoms with Crippen LogP contribution in [-0.2, 0) is 4.84 Å². The van der Waals surface area contributed by atoms with E-state index in [1.807, 2.05) is 13.0 Å². The lowest BCUT2D eigenvalue weighted by atomic mass is 9.94. The first-order valence-electron chi connectivity index (χ1n) is 6.71. The molecule has 0 spiro atoms. The molecule has 100 valence electrons. The van der Waals surface area contributed by atoms with Crippen LogP contribution in [0.25, 0.3) is 0 Å². The second kappa shape index (κ2) is 6.50. The molecule has 0 aliphatic rings.